The van der Waals surface area contributed by atoms with Crippen molar-refractivity contribution in [3.8, 4) is 11.5 Å². The Morgan fingerprint density at radius 2 is 2.06 bits per heavy atom. The van der Waals surface area contributed by atoms with Gasteiger partial charge in [-0.15, -0.1) is 0 Å². The zero-order valence-electron chi connectivity index (χ0n) is 9.99. The minimum Gasteiger partial charge on any atom is -0.497 e. The van der Waals surface area contributed by atoms with Crippen molar-refractivity contribution in [3.63, 3.8) is 0 Å². The van der Waals surface area contributed by atoms with Gasteiger partial charge in [0.15, 0.2) is 0 Å². The molecule has 1 aromatic carbocycles. The molecule has 16 heavy (non-hydrogen) atoms. The Balaban J connectivity index is 2.82. The summed E-state index contributed by atoms with van der Waals surface area (Å²) in [7, 11) is 5.28. The fraction of sp³-hybridized carbons (Fsp3) is 0.455. The number of hydrazine groups is 1. The summed E-state index contributed by atoms with van der Waals surface area (Å²) in [5.41, 5.74) is 3.68. The van der Waals surface area contributed by atoms with Crippen LogP contribution in [0.15, 0.2) is 18.2 Å². The number of nitrogens with two attached hydrogens (primary N) is 1. The molecular formula is C11H19N3O2. The maximum absolute atomic E-state index is 5.29. The molecular weight excluding hydrogens is 206 g/mol. The normalized spacial score (nSPS) is 10.6. The van der Waals surface area contributed by atoms with Crippen LogP contribution >= 0.6 is 0 Å². The molecule has 0 bridgehead atoms. The van der Waals surface area contributed by atoms with E-state index < -0.39 is 0 Å². The molecule has 0 saturated heterocycles. The van der Waals surface area contributed by atoms with Gasteiger partial charge < -0.3 is 9.47 Å². The third-order valence-corrected chi connectivity index (χ3v) is 2.29. The highest BCUT2D eigenvalue weighted by Gasteiger charge is 2.07. The van der Waals surface area contributed by atoms with Crippen molar-refractivity contribution >= 4 is 0 Å². The third kappa shape index (κ3) is 3.37. The molecule has 0 unspecified atom stereocenters. The van der Waals surface area contributed by atoms with Crippen molar-refractivity contribution in [3.05, 3.63) is 23.8 Å². The molecule has 0 aliphatic heterocycles. The quantitative estimate of drug-likeness (QED) is 0.421. The summed E-state index contributed by atoms with van der Waals surface area (Å²) >= 11 is 0. The van der Waals surface area contributed by atoms with Crippen molar-refractivity contribution < 1.29 is 9.47 Å². The molecule has 1 aromatic rings. The maximum Gasteiger partial charge on any atom is 0.123 e. The fourth-order valence-electron chi connectivity index (χ4n) is 1.51. The van der Waals surface area contributed by atoms with Gasteiger partial charge >= 0.3 is 0 Å². The molecule has 90 valence electrons. The van der Waals surface area contributed by atoms with Crippen LogP contribution in [0.25, 0.3) is 0 Å². The van der Waals surface area contributed by atoms with E-state index in [1.54, 1.807) is 14.2 Å². The van der Waals surface area contributed by atoms with Gasteiger partial charge in [0, 0.05) is 12.1 Å². The first kappa shape index (κ1) is 12.8. The lowest BCUT2D eigenvalue weighted by Crippen LogP contribution is -2.35. The van der Waals surface area contributed by atoms with E-state index in [2.05, 4.69) is 5.43 Å². The van der Waals surface area contributed by atoms with Crippen LogP contribution in [0.5, 0.6) is 11.5 Å². The number of ether oxygens (including phenoxy) is 2. The van der Waals surface area contributed by atoms with Gasteiger partial charge in [-0.3, -0.25) is 10.7 Å². The van der Waals surface area contributed by atoms with Crippen LogP contribution < -0.4 is 20.7 Å². The van der Waals surface area contributed by atoms with Crippen LogP contribution in [-0.2, 0) is 6.54 Å². The summed E-state index contributed by atoms with van der Waals surface area (Å²) in [5.74, 6) is 6.94. The molecule has 0 aliphatic carbocycles. The van der Waals surface area contributed by atoms with E-state index in [0.29, 0.717) is 6.67 Å². The maximum atomic E-state index is 5.29. The van der Waals surface area contributed by atoms with Gasteiger partial charge in [-0.25, -0.2) is 5.43 Å². The Morgan fingerprint density at radius 3 is 2.62 bits per heavy atom. The molecule has 0 fully saturated rings. The topological polar surface area (TPSA) is 59.8 Å². The van der Waals surface area contributed by atoms with Gasteiger partial charge in [-0.05, 0) is 25.2 Å². The van der Waals surface area contributed by atoms with Gasteiger partial charge in [0.1, 0.15) is 11.5 Å². The highest BCUT2D eigenvalue weighted by Crippen LogP contribution is 2.24. The monoisotopic (exact) mass is 225 g/mol. The molecule has 5 nitrogen and oxygen atoms in total. The molecule has 0 radical (unpaired) electrons. The zero-order valence-corrected chi connectivity index (χ0v) is 9.99. The molecule has 3 N–H and O–H groups in total. The summed E-state index contributed by atoms with van der Waals surface area (Å²) < 4.78 is 10.5. The van der Waals surface area contributed by atoms with Crippen molar-refractivity contribution in [1.29, 1.82) is 0 Å². The van der Waals surface area contributed by atoms with E-state index in [4.69, 9.17) is 15.3 Å². The lowest BCUT2D eigenvalue weighted by molar-refractivity contribution is 0.294. The van der Waals surface area contributed by atoms with Crippen LogP contribution in [0.4, 0.5) is 0 Å². The van der Waals surface area contributed by atoms with Crippen LogP contribution in [-0.4, -0.2) is 32.8 Å². The molecule has 0 spiro atoms. The minimum atomic E-state index is 0.611. The van der Waals surface area contributed by atoms with E-state index in [-0.39, 0.29) is 0 Å². The van der Waals surface area contributed by atoms with Crippen LogP contribution in [0.2, 0.25) is 0 Å². The standard InChI is InChI=1S/C11H19N3O2/c1-14(8-13-12)7-9-6-10(15-2)4-5-11(9)16-3/h4-6,13H,7-8,12H2,1-3H3. The average molecular weight is 225 g/mol. The smallest absolute Gasteiger partial charge is 0.123 e. The Bertz CT molecular complexity index is 331. The second-order valence-corrected chi connectivity index (χ2v) is 3.55. The zero-order chi connectivity index (χ0) is 12.0. The third-order valence-electron chi connectivity index (χ3n) is 2.29. The van der Waals surface area contributed by atoms with Crippen LogP contribution in [0.3, 0.4) is 0 Å². The predicted molar refractivity (Wildman–Crippen MR) is 63.2 cm³/mol. The second kappa shape index (κ2) is 6.32. The summed E-state index contributed by atoms with van der Waals surface area (Å²) in [6, 6.07) is 5.74. The second-order valence-electron chi connectivity index (χ2n) is 3.55. The highest BCUT2D eigenvalue weighted by atomic mass is 16.5. The number of nitrogens with zero attached hydrogens (tertiary/aromatic N) is 1. The summed E-state index contributed by atoms with van der Waals surface area (Å²) in [4.78, 5) is 2.04. The molecule has 1 rings (SSSR count). The summed E-state index contributed by atoms with van der Waals surface area (Å²) in [5, 5.41) is 0. The number of benzene rings is 1. The first-order valence-corrected chi connectivity index (χ1v) is 5.04. The van der Waals surface area contributed by atoms with E-state index in [1.165, 1.54) is 0 Å². The molecule has 0 aromatic heterocycles. The van der Waals surface area contributed by atoms with Gasteiger partial charge in [0.25, 0.3) is 0 Å². The first-order chi connectivity index (χ1) is 7.71. The van der Waals surface area contributed by atoms with Gasteiger partial charge in [-0.2, -0.15) is 0 Å². The Kier molecular flexibility index (Phi) is 5.04. The molecule has 0 aliphatic rings. The van der Waals surface area contributed by atoms with E-state index in [1.807, 2.05) is 30.1 Å². The van der Waals surface area contributed by atoms with Gasteiger partial charge in [0.2, 0.25) is 0 Å². The molecule has 0 amide bonds. The number of nitrogens with one attached hydrogen (secondary N) is 1. The fourth-order valence-corrected chi connectivity index (χ4v) is 1.51. The van der Waals surface area contributed by atoms with E-state index >= 15 is 0 Å². The number of hydrogen-bond acceptors (Lipinski definition) is 5. The Morgan fingerprint density at radius 1 is 1.31 bits per heavy atom. The average Bonchev–Trinajstić information content (AvgIpc) is 2.29. The summed E-state index contributed by atoms with van der Waals surface area (Å²) in [6.07, 6.45) is 0. The molecule has 0 saturated carbocycles. The number of rotatable bonds is 6. The van der Waals surface area contributed by atoms with Crippen molar-refractivity contribution in [2.24, 2.45) is 5.84 Å². The van der Waals surface area contributed by atoms with E-state index in [0.717, 1.165) is 23.6 Å². The van der Waals surface area contributed by atoms with E-state index in [9.17, 15) is 0 Å². The number of methoxy groups -OCH3 is 2. The Labute approximate surface area is 96.1 Å². The largest absolute Gasteiger partial charge is 0.497 e. The predicted octanol–water partition coefficient (Wildman–Crippen LogP) is 0.556. The highest BCUT2D eigenvalue weighted by molar-refractivity contribution is 5.40. The van der Waals surface area contributed by atoms with Crippen LogP contribution in [0, 0.1) is 0 Å². The minimum absolute atomic E-state index is 0.611. The van der Waals surface area contributed by atoms with Crippen molar-refractivity contribution in [2.75, 3.05) is 27.9 Å². The molecule has 0 atom stereocenters. The van der Waals surface area contributed by atoms with Crippen molar-refractivity contribution in [1.82, 2.24) is 10.3 Å². The summed E-state index contributed by atoms with van der Waals surface area (Å²) in [6.45, 7) is 1.35. The number of hydrogen-bond donors (Lipinski definition) is 2. The lowest BCUT2D eigenvalue weighted by atomic mass is 10.2. The van der Waals surface area contributed by atoms with Crippen LogP contribution in [0.1, 0.15) is 5.56 Å². The lowest BCUT2D eigenvalue weighted by Gasteiger charge is -2.18. The first-order valence-electron chi connectivity index (χ1n) is 5.04. The van der Waals surface area contributed by atoms with Gasteiger partial charge in [0.05, 0.1) is 20.9 Å². The molecule has 5 heteroatoms. The Hall–Kier alpha value is -1.30. The SMILES string of the molecule is COc1ccc(OC)c(CN(C)CNN)c1. The van der Waals surface area contributed by atoms with Gasteiger partial charge in [-0.1, -0.05) is 0 Å². The van der Waals surface area contributed by atoms with Crippen molar-refractivity contribution in [2.45, 2.75) is 6.54 Å². The molecule has 0 heterocycles.